The summed E-state index contributed by atoms with van der Waals surface area (Å²) in [4.78, 5) is 27.5. The van der Waals surface area contributed by atoms with Crippen LogP contribution in [-0.4, -0.2) is 48.3 Å². The molecule has 9 nitrogen and oxygen atoms in total. The number of hydrogen-bond donors (Lipinski definition) is 1. The highest BCUT2D eigenvalue weighted by atomic mass is 16.1. The van der Waals surface area contributed by atoms with Crippen molar-refractivity contribution < 1.29 is 4.79 Å². The third-order valence-electron chi connectivity index (χ3n) is 6.00. The van der Waals surface area contributed by atoms with E-state index in [1.807, 2.05) is 48.5 Å². The van der Waals surface area contributed by atoms with Gasteiger partial charge in [-0.2, -0.15) is 0 Å². The van der Waals surface area contributed by atoms with Gasteiger partial charge in [-0.15, -0.1) is 11.5 Å². The van der Waals surface area contributed by atoms with E-state index in [4.69, 9.17) is 17.1 Å². The topological polar surface area (TPSA) is 116 Å². The van der Waals surface area contributed by atoms with Gasteiger partial charge < -0.3 is 10.6 Å². The maximum absolute atomic E-state index is 12.0. The SMILES string of the molecule is C#Cc1cccc(-c2cc(-c3cn(Cc4cccc(N5CCC[C@H]5C(C)=O)n4)nn3)nc(N)n2)c1. The fraction of sp³-hybridized carbons (Fsp3) is 0.231. The molecule has 4 heterocycles. The molecule has 3 aromatic heterocycles. The molecule has 1 saturated heterocycles. The summed E-state index contributed by atoms with van der Waals surface area (Å²) in [5.41, 5.74) is 10.2. The largest absolute Gasteiger partial charge is 0.368 e. The Morgan fingerprint density at radius 2 is 1.94 bits per heavy atom. The Bertz CT molecular complexity index is 1440. The van der Waals surface area contributed by atoms with E-state index in [0.29, 0.717) is 23.6 Å². The van der Waals surface area contributed by atoms with E-state index < -0.39 is 0 Å². The molecular weight excluding hydrogens is 440 g/mol. The molecule has 0 bridgehead atoms. The van der Waals surface area contributed by atoms with Crippen LogP contribution in [0.1, 0.15) is 31.0 Å². The molecule has 1 aliphatic rings. The first kappa shape index (κ1) is 22.2. The Balaban J connectivity index is 1.38. The van der Waals surface area contributed by atoms with Crippen LogP contribution in [0.2, 0.25) is 0 Å². The first-order chi connectivity index (χ1) is 17.0. The van der Waals surface area contributed by atoms with Gasteiger partial charge >= 0.3 is 0 Å². The van der Waals surface area contributed by atoms with Gasteiger partial charge in [0.1, 0.15) is 11.5 Å². The first-order valence-electron chi connectivity index (χ1n) is 11.4. The molecule has 1 fully saturated rings. The van der Waals surface area contributed by atoms with E-state index in [2.05, 4.69) is 31.1 Å². The van der Waals surface area contributed by atoms with Crippen molar-refractivity contribution in [3.8, 4) is 35.0 Å². The highest BCUT2D eigenvalue weighted by molar-refractivity contribution is 5.85. The zero-order chi connectivity index (χ0) is 24.4. The van der Waals surface area contributed by atoms with Gasteiger partial charge in [0.25, 0.3) is 0 Å². The summed E-state index contributed by atoms with van der Waals surface area (Å²) in [5, 5.41) is 8.53. The van der Waals surface area contributed by atoms with Crippen LogP contribution < -0.4 is 10.6 Å². The van der Waals surface area contributed by atoms with Gasteiger partial charge in [0.05, 0.1) is 35.9 Å². The van der Waals surface area contributed by atoms with Gasteiger partial charge in [0, 0.05) is 17.7 Å². The Hall–Kier alpha value is -4.58. The second-order valence-electron chi connectivity index (χ2n) is 8.47. The second-order valence-corrected chi connectivity index (χ2v) is 8.47. The zero-order valence-electron chi connectivity index (χ0n) is 19.3. The lowest BCUT2D eigenvalue weighted by atomic mass is 10.1. The monoisotopic (exact) mass is 464 g/mol. The molecule has 4 aromatic rings. The molecule has 0 saturated carbocycles. The molecule has 5 rings (SSSR count). The normalized spacial score (nSPS) is 15.2. The fourth-order valence-corrected chi connectivity index (χ4v) is 4.35. The van der Waals surface area contributed by atoms with Crippen LogP contribution in [0, 0.1) is 12.3 Å². The average Bonchev–Trinajstić information content (AvgIpc) is 3.54. The second kappa shape index (κ2) is 9.35. The van der Waals surface area contributed by atoms with Gasteiger partial charge in [0.2, 0.25) is 5.95 Å². The van der Waals surface area contributed by atoms with Crippen molar-refractivity contribution in [2.45, 2.75) is 32.4 Å². The van der Waals surface area contributed by atoms with Crippen LogP contribution in [0.25, 0.3) is 22.6 Å². The maximum Gasteiger partial charge on any atom is 0.221 e. The van der Waals surface area contributed by atoms with Crippen LogP contribution >= 0.6 is 0 Å². The van der Waals surface area contributed by atoms with Crippen LogP contribution in [0.3, 0.4) is 0 Å². The van der Waals surface area contributed by atoms with Crippen LogP contribution in [0.15, 0.2) is 54.7 Å². The molecular formula is C26H24N8O. The zero-order valence-corrected chi connectivity index (χ0v) is 19.3. The Labute approximate surface area is 203 Å². The lowest BCUT2D eigenvalue weighted by Gasteiger charge is -2.24. The van der Waals surface area contributed by atoms with Crippen LogP contribution in [-0.2, 0) is 11.3 Å². The molecule has 174 valence electrons. The number of nitrogens with two attached hydrogens (primary N) is 1. The third-order valence-corrected chi connectivity index (χ3v) is 6.00. The van der Waals surface area contributed by atoms with Crippen molar-refractivity contribution in [2.75, 3.05) is 17.2 Å². The van der Waals surface area contributed by atoms with Gasteiger partial charge in [-0.3, -0.25) is 4.79 Å². The molecule has 35 heavy (non-hydrogen) atoms. The molecule has 0 aliphatic carbocycles. The summed E-state index contributed by atoms with van der Waals surface area (Å²) in [6.07, 6.45) is 9.18. The van der Waals surface area contributed by atoms with E-state index in [0.717, 1.165) is 42.0 Å². The number of rotatable bonds is 6. The van der Waals surface area contributed by atoms with Crippen molar-refractivity contribution in [3.63, 3.8) is 0 Å². The van der Waals surface area contributed by atoms with Gasteiger partial charge in [-0.05, 0) is 50.1 Å². The van der Waals surface area contributed by atoms with Gasteiger partial charge in [-0.1, -0.05) is 29.3 Å². The van der Waals surface area contributed by atoms with Crippen LogP contribution in [0.4, 0.5) is 11.8 Å². The Morgan fingerprint density at radius 3 is 2.77 bits per heavy atom. The number of anilines is 2. The van der Waals surface area contributed by atoms with E-state index in [9.17, 15) is 4.79 Å². The van der Waals surface area contributed by atoms with E-state index in [1.165, 1.54) is 0 Å². The highest BCUT2D eigenvalue weighted by Crippen LogP contribution is 2.26. The van der Waals surface area contributed by atoms with E-state index in [-0.39, 0.29) is 17.8 Å². The Kier molecular flexibility index (Phi) is 5.94. The molecule has 2 N–H and O–H groups in total. The van der Waals surface area contributed by atoms with Gasteiger partial charge in [0.15, 0.2) is 5.78 Å². The summed E-state index contributed by atoms with van der Waals surface area (Å²) in [6.45, 7) is 2.90. The van der Waals surface area contributed by atoms with Crippen molar-refractivity contribution in [1.82, 2.24) is 29.9 Å². The minimum absolute atomic E-state index is 0.102. The minimum Gasteiger partial charge on any atom is -0.368 e. The summed E-state index contributed by atoms with van der Waals surface area (Å²) >= 11 is 0. The van der Waals surface area contributed by atoms with Crippen molar-refractivity contribution in [3.05, 3.63) is 66.0 Å². The summed E-state index contributed by atoms with van der Waals surface area (Å²) in [7, 11) is 0. The standard InChI is InChI=1S/C26H24N8O/c1-3-18-7-4-8-19(13-18)21-14-22(30-26(27)29-21)23-16-33(32-31-23)15-20-9-5-11-25(28-20)34-12-6-10-24(34)17(2)35/h1,4-5,7-9,11,13-14,16,24H,6,10,12,15H2,2H3,(H2,27,29,30)/t24-/m0/s1. The lowest BCUT2D eigenvalue weighted by Crippen LogP contribution is -2.35. The molecule has 9 heteroatoms. The number of nitrogen functional groups attached to an aromatic ring is 1. The number of carbonyl (C=O) groups is 1. The predicted molar refractivity (Wildman–Crippen MR) is 133 cm³/mol. The van der Waals surface area contributed by atoms with Crippen LogP contribution in [0.5, 0.6) is 0 Å². The van der Waals surface area contributed by atoms with E-state index in [1.54, 1.807) is 17.8 Å². The molecule has 1 atom stereocenters. The number of terminal acetylenes is 1. The van der Waals surface area contributed by atoms with Gasteiger partial charge in [-0.25, -0.2) is 19.6 Å². The first-order valence-corrected chi connectivity index (χ1v) is 11.4. The number of nitrogens with zero attached hydrogens (tertiary/aromatic N) is 7. The maximum atomic E-state index is 12.0. The lowest BCUT2D eigenvalue weighted by molar-refractivity contribution is -0.118. The minimum atomic E-state index is -0.102. The molecule has 0 radical (unpaired) electrons. The molecule has 0 unspecified atom stereocenters. The van der Waals surface area contributed by atoms with Crippen molar-refractivity contribution in [1.29, 1.82) is 0 Å². The third kappa shape index (κ3) is 4.73. The number of aromatic nitrogens is 6. The number of pyridine rings is 1. The summed E-state index contributed by atoms with van der Waals surface area (Å²) in [6, 6.07) is 15.1. The predicted octanol–water partition coefficient (Wildman–Crippen LogP) is 2.97. The number of benzene rings is 1. The summed E-state index contributed by atoms with van der Waals surface area (Å²) in [5.74, 6) is 3.75. The average molecular weight is 465 g/mol. The molecule has 1 aromatic carbocycles. The van der Waals surface area contributed by atoms with E-state index >= 15 is 0 Å². The number of Topliss-reactive ketones (excluding diaryl/α,β-unsaturated/α-hetero) is 1. The molecule has 1 aliphatic heterocycles. The molecule has 0 amide bonds. The summed E-state index contributed by atoms with van der Waals surface area (Å²) < 4.78 is 1.70. The molecule has 0 spiro atoms. The fourth-order valence-electron chi connectivity index (χ4n) is 4.35. The number of ketones is 1. The van der Waals surface area contributed by atoms with Crippen molar-refractivity contribution in [2.24, 2.45) is 0 Å². The number of hydrogen-bond acceptors (Lipinski definition) is 8. The highest BCUT2D eigenvalue weighted by Gasteiger charge is 2.29. The number of carbonyl (C=O) groups excluding carboxylic acids is 1. The smallest absolute Gasteiger partial charge is 0.221 e. The van der Waals surface area contributed by atoms with Crippen molar-refractivity contribution >= 4 is 17.5 Å². The Morgan fingerprint density at radius 1 is 1.11 bits per heavy atom. The quantitative estimate of drug-likeness (QED) is 0.433.